The van der Waals surface area contributed by atoms with Crippen LogP contribution in [-0.2, 0) is 13.1 Å². The predicted molar refractivity (Wildman–Crippen MR) is 77.1 cm³/mol. The molecule has 1 aromatic carbocycles. The molecule has 0 bridgehead atoms. The Morgan fingerprint density at radius 1 is 1.24 bits per heavy atom. The van der Waals surface area contributed by atoms with Crippen LogP contribution in [0.2, 0.25) is 0 Å². The number of nitrogens with zero attached hydrogens (tertiary/aromatic N) is 1. The fraction of sp³-hybridized carbons (Fsp3) is 0.143. The number of aromatic amines is 1. The Kier molecular flexibility index (Phi) is 3.76. The number of nitrogens with one attached hydrogen (secondary N) is 2. The number of hydrogen-bond donors (Lipinski definition) is 2. The SMILES string of the molecule is O=c1[nH]c(CNCc2cc(F)ccc2F)nc2ccsc12. The van der Waals surface area contributed by atoms with Crippen LogP contribution in [0.25, 0.3) is 10.2 Å². The van der Waals surface area contributed by atoms with Crippen LogP contribution in [0.15, 0.2) is 34.4 Å². The van der Waals surface area contributed by atoms with Gasteiger partial charge in [0.15, 0.2) is 0 Å². The minimum absolute atomic E-state index is 0.148. The molecule has 2 N–H and O–H groups in total. The third-order valence-corrected chi connectivity index (χ3v) is 3.88. The van der Waals surface area contributed by atoms with E-state index >= 15 is 0 Å². The van der Waals surface area contributed by atoms with E-state index in [2.05, 4.69) is 15.3 Å². The fourth-order valence-electron chi connectivity index (χ4n) is 2.00. The number of fused-ring (bicyclic) bond motifs is 1. The standard InChI is InChI=1S/C14H11F2N3OS/c15-9-1-2-10(16)8(5-9)6-17-7-12-18-11-3-4-21-13(11)14(20)19-12/h1-5,17H,6-7H2,(H,18,19,20). The summed E-state index contributed by atoms with van der Waals surface area (Å²) in [6.07, 6.45) is 0. The molecule has 0 atom stereocenters. The second kappa shape index (κ2) is 5.71. The zero-order valence-corrected chi connectivity index (χ0v) is 11.6. The highest BCUT2D eigenvalue weighted by Gasteiger charge is 2.06. The van der Waals surface area contributed by atoms with Crippen LogP contribution in [-0.4, -0.2) is 9.97 Å². The number of benzene rings is 1. The first kappa shape index (κ1) is 13.8. The zero-order chi connectivity index (χ0) is 14.8. The van der Waals surface area contributed by atoms with Crippen molar-refractivity contribution in [1.29, 1.82) is 0 Å². The molecule has 0 saturated carbocycles. The molecule has 0 unspecified atom stereocenters. The molecule has 108 valence electrons. The number of H-pyrrole nitrogens is 1. The number of hydrogen-bond acceptors (Lipinski definition) is 4. The van der Waals surface area contributed by atoms with Crippen molar-refractivity contribution in [3.05, 3.63) is 63.0 Å². The molecule has 2 heterocycles. The largest absolute Gasteiger partial charge is 0.308 e. The molecule has 0 aliphatic heterocycles. The van der Waals surface area contributed by atoms with E-state index in [9.17, 15) is 13.6 Å². The van der Waals surface area contributed by atoms with Crippen LogP contribution >= 0.6 is 11.3 Å². The van der Waals surface area contributed by atoms with Crippen molar-refractivity contribution in [2.24, 2.45) is 0 Å². The van der Waals surface area contributed by atoms with Gasteiger partial charge in [0.25, 0.3) is 5.56 Å². The van der Waals surface area contributed by atoms with Crippen molar-refractivity contribution in [3.8, 4) is 0 Å². The van der Waals surface area contributed by atoms with E-state index in [-0.39, 0.29) is 24.2 Å². The van der Waals surface area contributed by atoms with Crippen LogP contribution in [0.4, 0.5) is 8.78 Å². The van der Waals surface area contributed by atoms with Gasteiger partial charge in [-0.2, -0.15) is 0 Å². The second-order valence-corrected chi connectivity index (χ2v) is 5.40. The molecule has 0 aliphatic rings. The third kappa shape index (κ3) is 2.98. The van der Waals surface area contributed by atoms with Crippen LogP contribution < -0.4 is 10.9 Å². The Bertz CT molecular complexity index is 844. The minimum atomic E-state index is -0.487. The Hall–Kier alpha value is -2.12. The molecule has 3 aromatic rings. The van der Waals surface area contributed by atoms with E-state index in [1.807, 2.05) is 0 Å². The number of thiophene rings is 1. The number of rotatable bonds is 4. The maximum Gasteiger partial charge on any atom is 0.268 e. The highest BCUT2D eigenvalue weighted by molar-refractivity contribution is 7.17. The van der Waals surface area contributed by atoms with Crippen molar-refractivity contribution in [3.63, 3.8) is 0 Å². The van der Waals surface area contributed by atoms with E-state index in [1.165, 1.54) is 11.3 Å². The Balaban J connectivity index is 1.72. The fourth-order valence-corrected chi connectivity index (χ4v) is 2.73. The quantitative estimate of drug-likeness (QED) is 0.779. The van der Waals surface area contributed by atoms with Crippen molar-refractivity contribution in [2.75, 3.05) is 0 Å². The van der Waals surface area contributed by atoms with Gasteiger partial charge in [-0.05, 0) is 29.6 Å². The number of aromatic nitrogens is 2. The Morgan fingerprint density at radius 2 is 2.10 bits per heavy atom. The topological polar surface area (TPSA) is 57.8 Å². The molecule has 7 heteroatoms. The van der Waals surface area contributed by atoms with Crippen LogP contribution in [0.5, 0.6) is 0 Å². The third-order valence-electron chi connectivity index (χ3n) is 2.98. The van der Waals surface area contributed by atoms with Gasteiger partial charge >= 0.3 is 0 Å². The summed E-state index contributed by atoms with van der Waals surface area (Å²) >= 11 is 1.33. The molecular formula is C14H11F2N3OS. The van der Waals surface area contributed by atoms with Gasteiger partial charge < -0.3 is 10.3 Å². The van der Waals surface area contributed by atoms with Crippen molar-refractivity contribution in [2.45, 2.75) is 13.1 Å². The molecule has 0 fully saturated rings. The summed E-state index contributed by atoms with van der Waals surface area (Å²) in [4.78, 5) is 18.7. The lowest BCUT2D eigenvalue weighted by atomic mass is 10.2. The van der Waals surface area contributed by atoms with Gasteiger partial charge in [0.05, 0.1) is 12.1 Å². The summed E-state index contributed by atoms with van der Waals surface area (Å²) in [5, 5.41) is 4.73. The molecule has 0 radical (unpaired) electrons. The minimum Gasteiger partial charge on any atom is -0.308 e. The van der Waals surface area contributed by atoms with Crippen molar-refractivity contribution < 1.29 is 8.78 Å². The van der Waals surface area contributed by atoms with Gasteiger partial charge in [-0.1, -0.05) is 0 Å². The summed E-state index contributed by atoms with van der Waals surface area (Å²) in [7, 11) is 0. The van der Waals surface area contributed by atoms with E-state index in [0.717, 1.165) is 18.2 Å². The Labute approximate surface area is 122 Å². The first-order valence-corrected chi connectivity index (χ1v) is 7.12. The number of halogens is 2. The van der Waals surface area contributed by atoms with Gasteiger partial charge in [-0.3, -0.25) is 4.79 Å². The zero-order valence-electron chi connectivity index (χ0n) is 10.8. The molecular weight excluding hydrogens is 296 g/mol. The lowest BCUT2D eigenvalue weighted by Crippen LogP contribution is -2.19. The maximum atomic E-state index is 13.4. The molecule has 21 heavy (non-hydrogen) atoms. The summed E-state index contributed by atoms with van der Waals surface area (Å²) in [6, 6.07) is 5.07. The van der Waals surface area contributed by atoms with E-state index in [4.69, 9.17) is 0 Å². The molecule has 0 saturated heterocycles. The van der Waals surface area contributed by atoms with Gasteiger partial charge in [0, 0.05) is 12.1 Å². The maximum absolute atomic E-state index is 13.4. The summed E-state index contributed by atoms with van der Waals surface area (Å²) in [6.45, 7) is 0.409. The van der Waals surface area contributed by atoms with Gasteiger partial charge in [-0.15, -0.1) is 11.3 Å². The average molecular weight is 307 g/mol. The van der Waals surface area contributed by atoms with Gasteiger partial charge in [-0.25, -0.2) is 13.8 Å². The van der Waals surface area contributed by atoms with Crippen LogP contribution in [0, 0.1) is 11.6 Å². The van der Waals surface area contributed by atoms with Crippen LogP contribution in [0.3, 0.4) is 0 Å². The summed E-state index contributed by atoms with van der Waals surface area (Å²) in [5.74, 6) is -0.499. The highest BCUT2D eigenvalue weighted by Crippen LogP contribution is 2.13. The monoisotopic (exact) mass is 307 g/mol. The molecule has 2 aromatic heterocycles. The van der Waals surface area contributed by atoms with Gasteiger partial charge in [0.1, 0.15) is 22.2 Å². The van der Waals surface area contributed by atoms with E-state index in [1.54, 1.807) is 11.4 Å². The summed E-state index contributed by atoms with van der Waals surface area (Å²) in [5.41, 5.74) is 0.676. The van der Waals surface area contributed by atoms with E-state index in [0.29, 0.717) is 16.0 Å². The normalized spacial score (nSPS) is 11.1. The summed E-state index contributed by atoms with van der Waals surface area (Å²) < 4.78 is 27.1. The Morgan fingerprint density at radius 3 is 2.95 bits per heavy atom. The molecule has 0 aliphatic carbocycles. The van der Waals surface area contributed by atoms with Gasteiger partial charge in [0.2, 0.25) is 0 Å². The lowest BCUT2D eigenvalue weighted by Gasteiger charge is -2.06. The molecule has 3 rings (SSSR count). The van der Waals surface area contributed by atoms with Crippen molar-refractivity contribution in [1.82, 2.24) is 15.3 Å². The average Bonchev–Trinajstić information content (AvgIpc) is 2.91. The second-order valence-electron chi connectivity index (χ2n) is 4.49. The first-order valence-electron chi connectivity index (χ1n) is 6.24. The first-order chi connectivity index (χ1) is 10.1. The highest BCUT2D eigenvalue weighted by atomic mass is 32.1. The van der Waals surface area contributed by atoms with Crippen molar-refractivity contribution >= 4 is 21.6 Å². The molecule has 0 amide bonds. The molecule has 0 spiro atoms. The van der Waals surface area contributed by atoms with Crippen LogP contribution in [0.1, 0.15) is 11.4 Å². The predicted octanol–water partition coefficient (Wildman–Crippen LogP) is 2.55. The lowest BCUT2D eigenvalue weighted by molar-refractivity contribution is 0.565. The van der Waals surface area contributed by atoms with E-state index < -0.39 is 11.6 Å². The molecule has 4 nitrogen and oxygen atoms in total. The smallest absolute Gasteiger partial charge is 0.268 e.